The van der Waals surface area contributed by atoms with Crippen LogP contribution in [0.2, 0.25) is 0 Å². The Morgan fingerprint density at radius 2 is 1.96 bits per heavy atom. The molecule has 1 amide bonds. The minimum absolute atomic E-state index is 0.255. The lowest BCUT2D eigenvalue weighted by Gasteiger charge is -2.27. The third-order valence-electron chi connectivity index (χ3n) is 3.85. The van der Waals surface area contributed by atoms with Crippen molar-refractivity contribution < 1.29 is 28.5 Å². The topological polar surface area (TPSA) is 74.3 Å². The quantitative estimate of drug-likeness (QED) is 0.738. The molecule has 0 radical (unpaired) electrons. The lowest BCUT2D eigenvalue weighted by Crippen LogP contribution is -2.44. The third-order valence-corrected chi connectivity index (χ3v) is 3.85. The zero-order chi connectivity index (χ0) is 17.0. The molecule has 0 aromatic heterocycles. The van der Waals surface area contributed by atoms with Crippen molar-refractivity contribution in [1.82, 2.24) is 4.90 Å². The first kappa shape index (κ1) is 18.0. The Morgan fingerprint density at radius 3 is 2.52 bits per heavy atom. The van der Waals surface area contributed by atoms with E-state index in [1.54, 1.807) is 20.8 Å². The minimum Gasteiger partial charge on any atom is -0.467 e. The minimum atomic E-state index is -0.677. The predicted molar refractivity (Wildman–Crippen MR) is 81.8 cm³/mol. The van der Waals surface area contributed by atoms with Gasteiger partial charge in [-0.1, -0.05) is 0 Å². The van der Waals surface area contributed by atoms with Crippen molar-refractivity contribution in [2.75, 3.05) is 20.3 Å². The van der Waals surface area contributed by atoms with E-state index in [-0.39, 0.29) is 12.4 Å². The van der Waals surface area contributed by atoms with Crippen LogP contribution in [0.3, 0.4) is 0 Å². The molecule has 0 spiro atoms. The second-order valence-corrected chi connectivity index (χ2v) is 6.96. The molecule has 3 atom stereocenters. The van der Waals surface area contributed by atoms with E-state index in [2.05, 4.69) is 0 Å². The van der Waals surface area contributed by atoms with E-state index < -0.39 is 23.7 Å². The average molecular weight is 329 g/mol. The maximum atomic E-state index is 12.3. The molecule has 132 valence electrons. The molecular weight excluding hydrogens is 302 g/mol. The summed E-state index contributed by atoms with van der Waals surface area (Å²) in [4.78, 5) is 25.7. The predicted octanol–water partition coefficient (Wildman–Crippen LogP) is 2.08. The van der Waals surface area contributed by atoms with Gasteiger partial charge in [-0.25, -0.2) is 9.59 Å². The zero-order valence-electron chi connectivity index (χ0n) is 14.4. The number of esters is 1. The summed E-state index contributed by atoms with van der Waals surface area (Å²) in [7, 11) is 1.31. The van der Waals surface area contributed by atoms with Crippen LogP contribution < -0.4 is 0 Å². The van der Waals surface area contributed by atoms with Gasteiger partial charge in [0.2, 0.25) is 0 Å². The van der Waals surface area contributed by atoms with Gasteiger partial charge < -0.3 is 18.9 Å². The molecule has 0 saturated carbocycles. The fraction of sp³-hybridized carbons (Fsp3) is 0.875. The fourth-order valence-corrected chi connectivity index (χ4v) is 2.81. The number of carbonyl (C=O) groups excluding carboxylic acids is 2. The number of ether oxygens (including phenoxy) is 4. The number of likely N-dealkylation sites (tertiary alicyclic amines) is 1. The van der Waals surface area contributed by atoms with Gasteiger partial charge >= 0.3 is 12.1 Å². The van der Waals surface area contributed by atoms with Crippen LogP contribution in [0.5, 0.6) is 0 Å². The lowest BCUT2D eigenvalue weighted by molar-refractivity contribution is -0.185. The molecule has 0 aromatic carbocycles. The Labute approximate surface area is 137 Å². The van der Waals surface area contributed by atoms with Gasteiger partial charge in [-0.15, -0.1) is 0 Å². The Morgan fingerprint density at radius 1 is 1.22 bits per heavy atom. The Bertz CT molecular complexity index is 427. The average Bonchev–Trinajstić information content (AvgIpc) is 2.90. The number of methoxy groups -OCH3 is 1. The van der Waals surface area contributed by atoms with Gasteiger partial charge in [-0.3, -0.25) is 4.90 Å². The van der Waals surface area contributed by atoms with Crippen LogP contribution in [0.1, 0.15) is 46.5 Å². The number of carbonyl (C=O) groups is 2. The van der Waals surface area contributed by atoms with Crippen molar-refractivity contribution in [1.29, 1.82) is 0 Å². The van der Waals surface area contributed by atoms with Crippen LogP contribution in [0, 0.1) is 0 Å². The van der Waals surface area contributed by atoms with Crippen LogP contribution in [0.4, 0.5) is 4.79 Å². The van der Waals surface area contributed by atoms with Crippen molar-refractivity contribution >= 4 is 12.1 Å². The zero-order valence-corrected chi connectivity index (χ0v) is 14.4. The Kier molecular flexibility index (Phi) is 5.86. The van der Waals surface area contributed by atoms with Crippen LogP contribution in [0.25, 0.3) is 0 Å². The molecule has 23 heavy (non-hydrogen) atoms. The van der Waals surface area contributed by atoms with Crippen molar-refractivity contribution in [3.63, 3.8) is 0 Å². The van der Waals surface area contributed by atoms with Crippen molar-refractivity contribution in [3.05, 3.63) is 0 Å². The molecule has 7 heteroatoms. The number of nitrogens with zero attached hydrogens (tertiary/aromatic N) is 1. The first-order valence-corrected chi connectivity index (χ1v) is 8.14. The van der Waals surface area contributed by atoms with Gasteiger partial charge in [0.25, 0.3) is 0 Å². The van der Waals surface area contributed by atoms with E-state index in [1.807, 2.05) is 0 Å². The van der Waals surface area contributed by atoms with E-state index >= 15 is 0 Å². The number of amides is 1. The van der Waals surface area contributed by atoms with E-state index in [0.717, 1.165) is 19.3 Å². The number of rotatable bonds is 3. The van der Waals surface area contributed by atoms with E-state index in [9.17, 15) is 9.59 Å². The van der Waals surface area contributed by atoms with Gasteiger partial charge in [0, 0.05) is 13.0 Å². The Balaban J connectivity index is 2.00. The summed E-state index contributed by atoms with van der Waals surface area (Å²) in [5.74, 6) is -0.452. The molecule has 0 aliphatic carbocycles. The van der Waals surface area contributed by atoms with Crippen molar-refractivity contribution in [2.24, 2.45) is 0 Å². The molecule has 2 aliphatic heterocycles. The molecule has 0 bridgehead atoms. The first-order valence-electron chi connectivity index (χ1n) is 8.14. The highest BCUT2D eigenvalue weighted by Gasteiger charge is 2.43. The first-order chi connectivity index (χ1) is 10.8. The van der Waals surface area contributed by atoms with Gasteiger partial charge in [-0.2, -0.15) is 0 Å². The second kappa shape index (κ2) is 7.49. The molecule has 0 N–H and O–H groups in total. The van der Waals surface area contributed by atoms with E-state index in [4.69, 9.17) is 18.9 Å². The Hall–Kier alpha value is -1.34. The largest absolute Gasteiger partial charge is 0.467 e. The monoisotopic (exact) mass is 329 g/mol. The number of hydrogen-bond donors (Lipinski definition) is 0. The summed E-state index contributed by atoms with van der Waals surface area (Å²) in [6.07, 6.45) is 2.30. The SMILES string of the molecule is COC(=O)[C@H]1CC(OC2CCCCO2)CN1C(=O)OC(C)(C)C. The molecule has 2 aliphatic rings. The van der Waals surface area contributed by atoms with E-state index in [1.165, 1.54) is 12.0 Å². The summed E-state index contributed by atoms with van der Waals surface area (Å²) in [6.45, 7) is 6.36. The highest BCUT2D eigenvalue weighted by atomic mass is 16.7. The van der Waals surface area contributed by atoms with Crippen LogP contribution >= 0.6 is 0 Å². The van der Waals surface area contributed by atoms with E-state index in [0.29, 0.717) is 19.6 Å². The van der Waals surface area contributed by atoms with Crippen molar-refractivity contribution in [2.45, 2.75) is 70.5 Å². The summed E-state index contributed by atoms with van der Waals surface area (Å²) in [5, 5.41) is 0. The molecule has 2 unspecified atom stereocenters. The fourth-order valence-electron chi connectivity index (χ4n) is 2.81. The summed E-state index contributed by atoms with van der Waals surface area (Å²) in [6, 6.07) is -0.677. The second-order valence-electron chi connectivity index (χ2n) is 6.96. The molecule has 0 aromatic rings. The van der Waals surface area contributed by atoms with Gasteiger partial charge in [0.05, 0.1) is 19.8 Å². The highest BCUT2D eigenvalue weighted by Crippen LogP contribution is 2.26. The standard InChI is InChI=1S/C16H27NO6/c1-16(2,3)23-15(19)17-10-11(9-12(17)14(18)20-4)22-13-7-5-6-8-21-13/h11-13H,5-10H2,1-4H3/t11?,12-,13?/m1/s1. The molecule has 2 saturated heterocycles. The maximum absolute atomic E-state index is 12.3. The van der Waals surface area contributed by atoms with Gasteiger partial charge in [-0.05, 0) is 40.0 Å². The molecule has 2 rings (SSSR count). The summed E-state index contributed by atoms with van der Waals surface area (Å²) in [5.41, 5.74) is -0.622. The van der Waals surface area contributed by atoms with Crippen LogP contribution in [0.15, 0.2) is 0 Å². The number of hydrogen-bond acceptors (Lipinski definition) is 6. The maximum Gasteiger partial charge on any atom is 0.411 e. The van der Waals surface area contributed by atoms with Crippen LogP contribution in [-0.4, -0.2) is 61.3 Å². The van der Waals surface area contributed by atoms with Crippen LogP contribution in [-0.2, 0) is 23.7 Å². The van der Waals surface area contributed by atoms with Gasteiger partial charge in [0.15, 0.2) is 6.29 Å². The molecule has 2 fully saturated rings. The molecule has 7 nitrogen and oxygen atoms in total. The summed E-state index contributed by atoms with van der Waals surface area (Å²) >= 11 is 0. The van der Waals surface area contributed by atoms with Gasteiger partial charge in [0.1, 0.15) is 11.6 Å². The van der Waals surface area contributed by atoms with Crippen molar-refractivity contribution in [3.8, 4) is 0 Å². The molecular formula is C16H27NO6. The normalized spacial score (nSPS) is 28.5. The third kappa shape index (κ3) is 5.07. The lowest BCUT2D eigenvalue weighted by atomic mass is 10.2. The molecule has 2 heterocycles. The summed E-state index contributed by atoms with van der Waals surface area (Å²) < 4.78 is 21.7. The highest BCUT2D eigenvalue weighted by molar-refractivity contribution is 5.82. The smallest absolute Gasteiger partial charge is 0.411 e.